The lowest BCUT2D eigenvalue weighted by Crippen LogP contribution is -2.46. The molecular formula is C15H31N3O2. The van der Waals surface area contributed by atoms with Gasteiger partial charge in [0.05, 0.1) is 13.2 Å². The molecule has 0 aromatic heterocycles. The number of unbranched alkanes of at least 4 members (excludes halogenated alkanes) is 1. The first kappa shape index (κ1) is 17.4. The van der Waals surface area contributed by atoms with Crippen LogP contribution in [0.2, 0.25) is 0 Å². The molecular weight excluding hydrogens is 254 g/mol. The first-order valence-corrected chi connectivity index (χ1v) is 7.87. The van der Waals surface area contributed by atoms with Crippen LogP contribution in [-0.4, -0.2) is 75.2 Å². The van der Waals surface area contributed by atoms with Crippen molar-refractivity contribution in [1.29, 1.82) is 0 Å². The predicted octanol–water partition coefficient (Wildman–Crippen LogP) is 0.945. The molecule has 1 aliphatic heterocycles. The Hall–Kier alpha value is -0.650. The summed E-state index contributed by atoms with van der Waals surface area (Å²) in [4.78, 5) is 15.6. The third-order valence-electron chi connectivity index (χ3n) is 3.77. The lowest BCUT2D eigenvalue weighted by Gasteiger charge is -2.32. The van der Waals surface area contributed by atoms with Crippen LogP contribution in [-0.2, 0) is 9.53 Å². The largest absolute Gasteiger partial charge is 0.380 e. The van der Waals surface area contributed by atoms with E-state index in [-0.39, 0.29) is 5.91 Å². The van der Waals surface area contributed by atoms with Crippen molar-refractivity contribution >= 4 is 5.91 Å². The maximum atomic E-state index is 11.6. The van der Waals surface area contributed by atoms with Crippen molar-refractivity contribution in [2.24, 2.45) is 0 Å². The monoisotopic (exact) mass is 285 g/mol. The third-order valence-corrected chi connectivity index (χ3v) is 3.77. The number of nitrogens with one attached hydrogen (secondary N) is 1. The molecule has 5 heteroatoms. The Kier molecular flexibility index (Phi) is 8.82. The van der Waals surface area contributed by atoms with Crippen LogP contribution in [0.4, 0.5) is 0 Å². The lowest BCUT2D eigenvalue weighted by molar-refractivity contribution is -0.130. The molecule has 1 aliphatic rings. The number of ether oxygens (including phenoxy) is 1. The zero-order valence-corrected chi connectivity index (χ0v) is 13.4. The number of carbonyl (C=O) groups excluding carboxylic acids is 1. The van der Waals surface area contributed by atoms with Crippen molar-refractivity contribution in [2.75, 3.05) is 53.5 Å². The zero-order chi connectivity index (χ0) is 14.8. The van der Waals surface area contributed by atoms with Crippen LogP contribution in [0.5, 0.6) is 0 Å². The third kappa shape index (κ3) is 7.22. The summed E-state index contributed by atoms with van der Waals surface area (Å²) in [6.07, 6.45) is 4.58. The topological polar surface area (TPSA) is 44.8 Å². The van der Waals surface area contributed by atoms with E-state index in [0.29, 0.717) is 12.6 Å². The van der Waals surface area contributed by atoms with E-state index >= 15 is 0 Å². The Labute approximate surface area is 123 Å². The van der Waals surface area contributed by atoms with E-state index < -0.39 is 0 Å². The lowest BCUT2D eigenvalue weighted by atomic mass is 10.1. The second kappa shape index (κ2) is 10.1. The van der Waals surface area contributed by atoms with Crippen LogP contribution in [0.15, 0.2) is 0 Å². The van der Waals surface area contributed by atoms with Gasteiger partial charge in [-0.25, -0.2) is 0 Å². The van der Waals surface area contributed by atoms with Crippen molar-refractivity contribution < 1.29 is 9.53 Å². The number of rotatable bonds is 9. The molecule has 0 aliphatic carbocycles. The molecule has 1 fully saturated rings. The zero-order valence-electron chi connectivity index (χ0n) is 13.4. The minimum absolute atomic E-state index is 0.195. The molecule has 1 heterocycles. The average Bonchev–Trinajstić information content (AvgIpc) is 2.44. The summed E-state index contributed by atoms with van der Waals surface area (Å²) in [7, 11) is 3.63. The van der Waals surface area contributed by atoms with Gasteiger partial charge in [0.15, 0.2) is 0 Å². The SMILES string of the molecule is CCCCOCCNC1CCN(CC(=O)N(C)C)CC1. The van der Waals surface area contributed by atoms with Crippen LogP contribution in [0.3, 0.4) is 0 Å². The van der Waals surface area contributed by atoms with Crippen molar-refractivity contribution in [1.82, 2.24) is 15.1 Å². The highest BCUT2D eigenvalue weighted by molar-refractivity contribution is 5.77. The number of amides is 1. The molecule has 0 radical (unpaired) electrons. The molecule has 0 atom stereocenters. The number of carbonyl (C=O) groups is 1. The molecule has 0 bridgehead atoms. The molecule has 0 aromatic rings. The quantitative estimate of drug-likeness (QED) is 0.641. The van der Waals surface area contributed by atoms with Gasteiger partial charge in [-0.05, 0) is 19.3 Å². The van der Waals surface area contributed by atoms with E-state index in [1.807, 2.05) is 14.1 Å². The maximum Gasteiger partial charge on any atom is 0.236 e. The molecule has 118 valence electrons. The molecule has 0 spiro atoms. The van der Waals surface area contributed by atoms with Gasteiger partial charge in [-0.1, -0.05) is 13.3 Å². The summed E-state index contributed by atoms with van der Waals surface area (Å²) in [5.74, 6) is 0.195. The maximum absolute atomic E-state index is 11.6. The molecule has 1 amide bonds. The van der Waals surface area contributed by atoms with Crippen LogP contribution in [0.25, 0.3) is 0 Å². The van der Waals surface area contributed by atoms with Crippen LogP contribution >= 0.6 is 0 Å². The predicted molar refractivity (Wildman–Crippen MR) is 81.9 cm³/mol. The number of likely N-dealkylation sites (tertiary alicyclic amines) is 1. The first-order valence-electron chi connectivity index (χ1n) is 7.87. The fourth-order valence-electron chi connectivity index (χ4n) is 2.31. The number of piperidine rings is 1. The highest BCUT2D eigenvalue weighted by atomic mass is 16.5. The number of hydrogen-bond donors (Lipinski definition) is 1. The summed E-state index contributed by atoms with van der Waals surface area (Å²) < 4.78 is 5.54. The normalized spacial score (nSPS) is 17.4. The Bertz CT molecular complexity index is 264. The standard InChI is InChI=1S/C15H31N3O2/c1-4-5-11-20-12-8-16-14-6-9-18(10-7-14)13-15(19)17(2)3/h14,16H,4-13H2,1-3H3. The summed E-state index contributed by atoms with van der Waals surface area (Å²) in [5, 5.41) is 3.55. The fourth-order valence-corrected chi connectivity index (χ4v) is 2.31. The molecule has 0 aromatic carbocycles. The summed E-state index contributed by atoms with van der Waals surface area (Å²) >= 11 is 0. The van der Waals surface area contributed by atoms with Gasteiger partial charge in [-0.3, -0.25) is 9.69 Å². The molecule has 1 N–H and O–H groups in total. The van der Waals surface area contributed by atoms with Gasteiger partial charge in [-0.15, -0.1) is 0 Å². The number of likely N-dealkylation sites (N-methyl/N-ethyl adjacent to an activating group) is 1. The second-order valence-corrected chi connectivity index (χ2v) is 5.76. The van der Waals surface area contributed by atoms with Crippen molar-refractivity contribution in [3.8, 4) is 0 Å². The Morgan fingerprint density at radius 1 is 1.30 bits per heavy atom. The second-order valence-electron chi connectivity index (χ2n) is 5.76. The van der Waals surface area contributed by atoms with Gasteiger partial charge in [0.25, 0.3) is 0 Å². The molecule has 0 saturated carbocycles. The molecule has 20 heavy (non-hydrogen) atoms. The van der Waals surface area contributed by atoms with Gasteiger partial charge in [0.1, 0.15) is 0 Å². The Morgan fingerprint density at radius 2 is 2.00 bits per heavy atom. The van der Waals surface area contributed by atoms with Gasteiger partial charge in [0.2, 0.25) is 5.91 Å². The van der Waals surface area contributed by atoms with E-state index in [0.717, 1.165) is 52.1 Å². The van der Waals surface area contributed by atoms with Crippen molar-refractivity contribution in [2.45, 2.75) is 38.6 Å². The number of hydrogen-bond acceptors (Lipinski definition) is 4. The Balaban J connectivity index is 2.03. The van der Waals surface area contributed by atoms with Crippen LogP contribution in [0, 0.1) is 0 Å². The molecule has 1 rings (SSSR count). The first-order chi connectivity index (χ1) is 9.63. The van der Waals surface area contributed by atoms with E-state index in [1.54, 1.807) is 4.90 Å². The minimum Gasteiger partial charge on any atom is -0.380 e. The smallest absolute Gasteiger partial charge is 0.236 e. The average molecular weight is 285 g/mol. The van der Waals surface area contributed by atoms with Crippen LogP contribution < -0.4 is 5.32 Å². The van der Waals surface area contributed by atoms with E-state index in [9.17, 15) is 4.79 Å². The van der Waals surface area contributed by atoms with E-state index in [1.165, 1.54) is 6.42 Å². The summed E-state index contributed by atoms with van der Waals surface area (Å²) in [5.41, 5.74) is 0. The van der Waals surface area contributed by atoms with Crippen LogP contribution in [0.1, 0.15) is 32.6 Å². The van der Waals surface area contributed by atoms with Gasteiger partial charge in [-0.2, -0.15) is 0 Å². The summed E-state index contributed by atoms with van der Waals surface area (Å²) in [6, 6.07) is 0.579. The minimum atomic E-state index is 0.195. The van der Waals surface area contributed by atoms with Gasteiger partial charge >= 0.3 is 0 Å². The van der Waals surface area contributed by atoms with Crippen molar-refractivity contribution in [3.63, 3.8) is 0 Å². The van der Waals surface area contributed by atoms with E-state index in [4.69, 9.17) is 4.74 Å². The molecule has 1 saturated heterocycles. The Morgan fingerprint density at radius 3 is 2.60 bits per heavy atom. The highest BCUT2D eigenvalue weighted by Crippen LogP contribution is 2.10. The fraction of sp³-hybridized carbons (Fsp3) is 0.933. The number of nitrogens with zero attached hydrogens (tertiary/aromatic N) is 2. The highest BCUT2D eigenvalue weighted by Gasteiger charge is 2.20. The van der Waals surface area contributed by atoms with E-state index in [2.05, 4.69) is 17.1 Å². The molecule has 5 nitrogen and oxygen atoms in total. The van der Waals surface area contributed by atoms with Gasteiger partial charge in [0, 0.05) is 46.4 Å². The summed E-state index contributed by atoms with van der Waals surface area (Å²) in [6.45, 7) is 7.37. The van der Waals surface area contributed by atoms with Gasteiger partial charge < -0.3 is 15.0 Å². The van der Waals surface area contributed by atoms with Crippen molar-refractivity contribution in [3.05, 3.63) is 0 Å². The molecule has 0 unspecified atom stereocenters.